The molecular weight excluding hydrogens is 344 g/mol. The molecule has 1 atom stereocenters. The first-order valence-corrected chi connectivity index (χ1v) is 6.99. The van der Waals surface area contributed by atoms with Crippen LogP contribution < -0.4 is 10.6 Å². The Morgan fingerprint density at radius 3 is 2.80 bits per heavy atom. The van der Waals surface area contributed by atoms with Gasteiger partial charge in [0.2, 0.25) is 0 Å². The van der Waals surface area contributed by atoms with Gasteiger partial charge in [-0.1, -0.05) is 6.07 Å². The van der Waals surface area contributed by atoms with Crippen LogP contribution in [0.2, 0.25) is 0 Å². The van der Waals surface area contributed by atoms with Gasteiger partial charge in [0.25, 0.3) is 0 Å². The molecule has 20 heavy (non-hydrogen) atoms. The Hall–Kier alpha value is -1.60. The Bertz CT molecular complexity index is 616. The minimum atomic E-state index is -0.431. The molecule has 0 amide bonds. The Morgan fingerprint density at radius 1 is 1.50 bits per heavy atom. The molecule has 1 heterocycles. The molecule has 1 aliphatic heterocycles. The van der Waals surface area contributed by atoms with E-state index in [2.05, 4.69) is 26.6 Å². The van der Waals surface area contributed by atoms with E-state index in [1.54, 1.807) is 25.1 Å². The Morgan fingerprint density at radius 2 is 2.20 bits per heavy atom. The summed E-state index contributed by atoms with van der Waals surface area (Å²) in [7, 11) is 1.33. The number of thiocarbonyl (C=S) groups is 1. The zero-order valence-corrected chi connectivity index (χ0v) is 13.3. The highest BCUT2D eigenvalue weighted by molar-refractivity contribution is 9.10. The molecule has 0 radical (unpaired) electrons. The van der Waals surface area contributed by atoms with Crippen LogP contribution in [0.3, 0.4) is 0 Å². The van der Waals surface area contributed by atoms with Crippen molar-refractivity contribution in [3.8, 4) is 5.75 Å². The number of halogens is 1. The van der Waals surface area contributed by atoms with Crippen molar-refractivity contribution in [2.24, 2.45) is 0 Å². The number of methoxy groups -OCH3 is 1. The van der Waals surface area contributed by atoms with Crippen LogP contribution in [0.4, 0.5) is 0 Å². The van der Waals surface area contributed by atoms with E-state index in [9.17, 15) is 9.90 Å². The standard InChI is InChI=1S/C13H13BrN2O3S/c1-6-10(12(18)19-2)11(16-13(20)15-6)7-3-4-9(17)8(14)5-7/h3-5,11,17H,1-2H3,(H2,15,16,20). The molecule has 0 saturated carbocycles. The smallest absolute Gasteiger partial charge is 0.337 e. The molecule has 0 fully saturated rings. The first kappa shape index (κ1) is 14.8. The second-order valence-corrected chi connectivity index (χ2v) is 5.54. The van der Waals surface area contributed by atoms with Crippen LogP contribution in [-0.4, -0.2) is 23.3 Å². The molecule has 1 aromatic rings. The summed E-state index contributed by atoms with van der Waals surface area (Å²) in [6.45, 7) is 1.77. The summed E-state index contributed by atoms with van der Waals surface area (Å²) < 4.78 is 5.36. The molecular formula is C13H13BrN2O3S. The normalized spacial score (nSPS) is 18.4. The van der Waals surface area contributed by atoms with Crippen molar-refractivity contribution in [2.45, 2.75) is 13.0 Å². The van der Waals surface area contributed by atoms with Crippen LogP contribution in [0.15, 0.2) is 33.9 Å². The number of allylic oxidation sites excluding steroid dienone is 1. The fourth-order valence-corrected chi connectivity index (χ4v) is 2.69. The Labute approximate surface area is 130 Å². The van der Waals surface area contributed by atoms with E-state index in [-0.39, 0.29) is 5.75 Å². The number of esters is 1. The lowest BCUT2D eigenvalue weighted by atomic mass is 9.95. The van der Waals surface area contributed by atoms with Gasteiger partial charge in [-0.05, 0) is 52.8 Å². The van der Waals surface area contributed by atoms with Crippen LogP contribution in [-0.2, 0) is 9.53 Å². The van der Waals surface area contributed by atoms with Crippen LogP contribution in [0.1, 0.15) is 18.5 Å². The second kappa shape index (κ2) is 5.80. The molecule has 1 unspecified atom stereocenters. The molecule has 0 saturated heterocycles. The number of nitrogens with one attached hydrogen (secondary N) is 2. The molecule has 0 aromatic heterocycles. The van der Waals surface area contributed by atoms with Crippen LogP contribution in [0.25, 0.3) is 0 Å². The maximum Gasteiger partial charge on any atom is 0.337 e. The predicted octanol–water partition coefficient (Wildman–Crippen LogP) is 2.12. The third-order valence-corrected chi connectivity index (χ3v) is 3.83. The fourth-order valence-electron chi connectivity index (χ4n) is 2.03. The minimum absolute atomic E-state index is 0.130. The predicted molar refractivity (Wildman–Crippen MR) is 82.1 cm³/mol. The third-order valence-electron chi connectivity index (χ3n) is 2.98. The number of aromatic hydroxyl groups is 1. The molecule has 7 heteroatoms. The van der Waals surface area contributed by atoms with Crippen LogP contribution in [0, 0.1) is 0 Å². The van der Waals surface area contributed by atoms with E-state index in [4.69, 9.17) is 17.0 Å². The first-order chi connectivity index (χ1) is 9.43. The van der Waals surface area contributed by atoms with Gasteiger partial charge >= 0.3 is 5.97 Å². The van der Waals surface area contributed by atoms with Crippen molar-refractivity contribution in [1.82, 2.24) is 10.6 Å². The van der Waals surface area contributed by atoms with Gasteiger partial charge in [0.1, 0.15) is 5.75 Å². The number of benzene rings is 1. The monoisotopic (exact) mass is 356 g/mol. The number of carbonyl (C=O) groups excluding carboxylic acids is 1. The second-order valence-electron chi connectivity index (χ2n) is 4.27. The van der Waals surface area contributed by atoms with E-state index in [1.165, 1.54) is 7.11 Å². The minimum Gasteiger partial charge on any atom is -0.507 e. The van der Waals surface area contributed by atoms with Gasteiger partial charge in [-0.2, -0.15) is 0 Å². The zero-order valence-electron chi connectivity index (χ0n) is 10.9. The topological polar surface area (TPSA) is 70.6 Å². The Kier molecular flexibility index (Phi) is 4.29. The molecule has 2 rings (SSSR count). The SMILES string of the molecule is COC(=O)C1=C(C)NC(=S)NC1c1ccc(O)c(Br)c1. The molecule has 1 aliphatic rings. The summed E-state index contributed by atoms with van der Waals surface area (Å²) in [4.78, 5) is 12.0. The van der Waals surface area contributed by atoms with Gasteiger partial charge in [0.15, 0.2) is 5.11 Å². The van der Waals surface area contributed by atoms with E-state index >= 15 is 0 Å². The van der Waals surface area contributed by atoms with Crippen LogP contribution in [0.5, 0.6) is 5.75 Å². The lowest BCUT2D eigenvalue weighted by Gasteiger charge is -2.29. The van der Waals surface area contributed by atoms with Gasteiger partial charge in [-0.3, -0.25) is 0 Å². The zero-order chi connectivity index (χ0) is 14.9. The van der Waals surface area contributed by atoms with Gasteiger partial charge in [0.05, 0.1) is 23.2 Å². The summed E-state index contributed by atoms with van der Waals surface area (Å²) in [5.41, 5.74) is 1.90. The third kappa shape index (κ3) is 2.78. The summed E-state index contributed by atoms with van der Waals surface area (Å²) in [5, 5.41) is 15.9. The van der Waals surface area contributed by atoms with E-state index in [0.29, 0.717) is 20.9 Å². The number of phenolic OH excluding ortho intramolecular Hbond substituents is 1. The molecule has 3 N–H and O–H groups in total. The maximum atomic E-state index is 12.0. The van der Waals surface area contributed by atoms with E-state index < -0.39 is 12.0 Å². The summed E-state index contributed by atoms with van der Waals surface area (Å²) in [6, 6.07) is 4.59. The van der Waals surface area contributed by atoms with E-state index in [0.717, 1.165) is 5.56 Å². The number of phenols is 1. The molecule has 0 spiro atoms. The molecule has 5 nitrogen and oxygen atoms in total. The number of rotatable bonds is 2. The largest absolute Gasteiger partial charge is 0.507 e. The first-order valence-electron chi connectivity index (χ1n) is 5.79. The molecule has 106 valence electrons. The lowest BCUT2D eigenvalue weighted by molar-refractivity contribution is -0.136. The maximum absolute atomic E-state index is 12.0. The highest BCUT2D eigenvalue weighted by atomic mass is 79.9. The van der Waals surface area contributed by atoms with Crippen LogP contribution >= 0.6 is 28.1 Å². The Balaban J connectivity index is 2.50. The van der Waals surface area contributed by atoms with Crippen molar-refractivity contribution >= 4 is 39.2 Å². The average Bonchev–Trinajstić information content (AvgIpc) is 2.40. The number of hydrogen-bond donors (Lipinski definition) is 3. The van der Waals surface area contributed by atoms with E-state index in [1.807, 2.05) is 0 Å². The van der Waals surface area contributed by atoms with Crippen molar-refractivity contribution in [2.75, 3.05) is 7.11 Å². The highest BCUT2D eigenvalue weighted by Gasteiger charge is 2.30. The van der Waals surface area contributed by atoms with Crippen molar-refractivity contribution in [3.05, 3.63) is 39.5 Å². The molecule has 1 aromatic carbocycles. The number of ether oxygens (including phenoxy) is 1. The molecule has 0 aliphatic carbocycles. The summed E-state index contributed by atoms with van der Waals surface area (Å²) in [5.74, 6) is -0.301. The molecule has 0 bridgehead atoms. The average molecular weight is 357 g/mol. The van der Waals surface area contributed by atoms with Gasteiger partial charge in [-0.15, -0.1) is 0 Å². The fraction of sp³-hybridized carbons (Fsp3) is 0.231. The summed E-state index contributed by atoms with van der Waals surface area (Å²) >= 11 is 8.38. The van der Waals surface area contributed by atoms with Crippen molar-refractivity contribution in [1.29, 1.82) is 0 Å². The van der Waals surface area contributed by atoms with Crippen molar-refractivity contribution in [3.63, 3.8) is 0 Å². The number of hydrogen-bond acceptors (Lipinski definition) is 4. The summed E-state index contributed by atoms with van der Waals surface area (Å²) in [6.07, 6.45) is 0. The lowest BCUT2D eigenvalue weighted by Crippen LogP contribution is -2.45. The van der Waals surface area contributed by atoms with Gasteiger partial charge in [-0.25, -0.2) is 4.79 Å². The number of carbonyl (C=O) groups is 1. The van der Waals surface area contributed by atoms with Gasteiger partial charge < -0.3 is 20.5 Å². The highest BCUT2D eigenvalue weighted by Crippen LogP contribution is 2.32. The van der Waals surface area contributed by atoms with Crippen molar-refractivity contribution < 1.29 is 14.6 Å². The quantitative estimate of drug-likeness (QED) is 0.557. The van der Waals surface area contributed by atoms with Gasteiger partial charge in [0, 0.05) is 5.70 Å².